The number of aromatic nitrogens is 2. The summed E-state index contributed by atoms with van der Waals surface area (Å²) in [5.74, 6) is -0.561. The van der Waals surface area contributed by atoms with Gasteiger partial charge in [-0.3, -0.25) is 9.48 Å². The van der Waals surface area contributed by atoms with E-state index in [4.69, 9.17) is 11.6 Å². The number of carbonyl (C=O) groups is 1. The van der Waals surface area contributed by atoms with E-state index in [-0.39, 0.29) is 11.3 Å². The standard InChI is InChI=1S/C13H14ClN3O3S/c1-17-9-10(8-15-17)2-7-13(18)16-21(19,20)12-5-3-11(14)4-6-12/h3-6,8-9H,2,7H2,1H3,(H,16,18). The predicted molar refractivity (Wildman–Crippen MR) is 78.3 cm³/mol. The van der Waals surface area contributed by atoms with Crippen molar-refractivity contribution in [2.24, 2.45) is 7.05 Å². The third-order valence-electron chi connectivity index (χ3n) is 2.77. The van der Waals surface area contributed by atoms with E-state index in [0.29, 0.717) is 11.4 Å². The maximum Gasteiger partial charge on any atom is 0.264 e. The lowest BCUT2D eigenvalue weighted by Crippen LogP contribution is -2.30. The number of hydrogen-bond donors (Lipinski definition) is 1. The zero-order valence-corrected chi connectivity index (χ0v) is 12.9. The van der Waals surface area contributed by atoms with Crippen LogP contribution < -0.4 is 4.72 Å². The van der Waals surface area contributed by atoms with Gasteiger partial charge in [-0.25, -0.2) is 13.1 Å². The SMILES string of the molecule is Cn1cc(CCC(=O)NS(=O)(=O)c2ccc(Cl)cc2)cn1. The minimum atomic E-state index is -3.85. The van der Waals surface area contributed by atoms with Crippen molar-refractivity contribution in [3.8, 4) is 0 Å². The number of aryl methyl sites for hydroxylation is 2. The molecule has 8 heteroatoms. The smallest absolute Gasteiger partial charge is 0.264 e. The van der Waals surface area contributed by atoms with Crippen LogP contribution in [-0.2, 0) is 28.3 Å². The van der Waals surface area contributed by atoms with Crippen LogP contribution in [-0.4, -0.2) is 24.1 Å². The topological polar surface area (TPSA) is 81.1 Å². The molecule has 0 saturated carbocycles. The molecule has 6 nitrogen and oxygen atoms in total. The second kappa shape index (κ2) is 6.28. The highest BCUT2D eigenvalue weighted by atomic mass is 35.5. The van der Waals surface area contributed by atoms with Gasteiger partial charge >= 0.3 is 0 Å². The lowest BCUT2D eigenvalue weighted by molar-refractivity contribution is -0.119. The van der Waals surface area contributed by atoms with Gasteiger partial charge in [0.15, 0.2) is 0 Å². The van der Waals surface area contributed by atoms with Gasteiger partial charge in [-0.2, -0.15) is 5.10 Å². The van der Waals surface area contributed by atoms with Crippen molar-refractivity contribution in [3.63, 3.8) is 0 Å². The summed E-state index contributed by atoms with van der Waals surface area (Å²) in [6.07, 6.45) is 3.91. The van der Waals surface area contributed by atoms with E-state index in [2.05, 4.69) is 5.10 Å². The fourth-order valence-electron chi connectivity index (χ4n) is 1.73. The summed E-state index contributed by atoms with van der Waals surface area (Å²) in [4.78, 5) is 11.7. The quantitative estimate of drug-likeness (QED) is 0.902. The van der Waals surface area contributed by atoms with Crippen molar-refractivity contribution in [2.75, 3.05) is 0 Å². The first-order valence-electron chi connectivity index (χ1n) is 6.15. The molecule has 0 bridgehead atoms. The molecule has 2 aromatic rings. The largest absolute Gasteiger partial charge is 0.276 e. The Balaban J connectivity index is 1.96. The number of amides is 1. The van der Waals surface area contributed by atoms with Crippen LogP contribution in [0.25, 0.3) is 0 Å². The van der Waals surface area contributed by atoms with Crippen LogP contribution in [0.3, 0.4) is 0 Å². The Kier molecular flexibility index (Phi) is 4.64. The molecule has 0 radical (unpaired) electrons. The van der Waals surface area contributed by atoms with Gasteiger partial charge in [-0.05, 0) is 36.2 Å². The molecule has 0 aliphatic carbocycles. The summed E-state index contributed by atoms with van der Waals surface area (Å²) < 4.78 is 27.6. The molecule has 1 aromatic heterocycles. The number of halogens is 1. The second-order valence-corrected chi connectivity index (χ2v) is 6.62. The lowest BCUT2D eigenvalue weighted by atomic mass is 10.2. The minimum Gasteiger partial charge on any atom is -0.276 e. The van der Waals surface area contributed by atoms with Crippen molar-refractivity contribution in [2.45, 2.75) is 17.7 Å². The van der Waals surface area contributed by atoms with E-state index in [0.717, 1.165) is 5.56 Å². The van der Waals surface area contributed by atoms with E-state index in [1.165, 1.54) is 24.3 Å². The number of nitrogens with zero attached hydrogens (tertiary/aromatic N) is 2. The average Bonchev–Trinajstić information content (AvgIpc) is 2.82. The van der Waals surface area contributed by atoms with E-state index >= 15 is 0 Å². The summed E-state index contributed by atoms with van der Waals surface area (Å²) in [6.45, 7) is 0. The first-order chi connectivity index (χ1) is 9.87. The van der Waals surface area contributed by atoms with E-state index in [9.17, 15) is 13.2 Å². The van der Waals surface area contributed by atoms with Gasteiger partial charge in [0.2, 0.25) is 5.91 Å². The highest BCUT2D eigenvalue weighted by molar-refractivity contribution is 7.90. The zero-order chi connectivity index (χ0) is 15.5. The number of hydrogen-bond acceptors (Lipinski definition) is 4. The second-order valence-electron chi connectivity index (χ2n) is 4.50. The highest BCUT2D eigenvalue weighted by Crippen LogP contribution is 2.14. The zero-order valence-electron chi connectivity index (χ0n) is 11.3. The van der Waals surface area contributed by atoms with Crippen LogP contribution in [0.5, 0.6) is 0 Å². The van der Waals surface area contributed by atoms with Crippen LogP contribution in [0.1, 0.15) is 12.0 Å². The molecule has 21 heavy (non-hydrogen) atoms. The number of benzene rings is 1. The van der Waals surface area contributed by atoms with Gasteiger partial charge in [0.1, 0.15) is 0 Å². The molecule has 2 rings (SSSR count). The molecule has 0 unspecified atom stereocenters. The van der Waals surface area contributed by atoms with Gasteiger partial charge in [0.05, 0.1) is 11.1 Å². The fraction of sp³-hybridized carbons (Fsp3) is 0.231. The Labute approximate surface area is 127 Å². The first-order valence-corrected chi connectivity index (χ1v) is 8.02. The maximum atomic E-state index is 12.0. The van der Waals surface area contributed by atoms with Crippen molar-refractivity contribution >= 4 is 27.5 Å². The van der Waals surface area contributed by atoms with Gasteiger partial charge < -0.3 is 0 Å². The summed E-state index contributed by atoms with van der Waals surface area (Å²) in [5, 5.41) is 4.41. The molecular formula is C13H14ClN3O3S. The minimum absolute atomic E-state index is 0.00151. The van der Waals surface area contributed by atoms with Gasteiger partial charge in [0.25, 0.3) is 10.0 Å². The van der Waals surface area contributed by atoms with Gasteiger partial charge in [0, 0.05) is 24.7 Å². The van der Waals surface area contributed by atoms with Crippen LogP contribution in [0.15, 0.2) is 41.6 Å². The van der Waals surface area contributed by atoms with Crippen molar-refractivity contribution < 1.29 is 13.2 Å². The maximum absolute atomic E-state index is 12.0. The Bertz CT molecular complexity index is 738. The third kappa shape index (κ3) is 4.30. The highest BCUT2D eigenvalue weighted by Gasteiger charge is 2.17. The fourth-order valence-corrected chi connectivity index (χ4v) is 2.87. The molecular weight excluding hydrogens is 314 g/mol. The summed E-state index contributed by atoms with van der Waals surface area (Å²) in [7, 11) is -2.08. The van der Waals surface area contributed by atoms with Crippen molar-refractivity contribution in [1.29, 1.82) is 0 Å². The van der Waals surface area contributed by atoms with Crippen molar-refractivity contribution in [3.05, 3.63) is 47.2 Å². The lowest BCUT2D eigenvalue weighted by Gasteiger charge is -2.06. The molecule has 1 heterocycles. The molecule has 0 saturated heterocycles. The Morgan fingerprint density at radius 3 is 2.57 bits per heavy atom. The summed E-state index contributed by atoms with van der Waals surface area (Å²) in [6, 6.07) is 5.60. The normalized spacial score (nSPS) is 11.3. The third-order valence-corrected chi connectivity index (χ3v) is 4.41. The van der Waals surface area contributed by atoms with Gasteiger partial charge in [-0.15, -0.1) is 0 Å². The molecule has 0 aliphatic rings. The monoisotopic (exact) mass is 327 g/mol. The number of nitrogens with one attached hydrogen (secondary N) is 1. The molecule has 0 fully saturated rings. The summed E-state index contributed by atoms with van der Waals surface area (Å²) >= 11 is 5.70. The van der Waals surface area contributed by atoms with Crippen LogP contribution >= 0.6 is 11.6 Å². The van der Waals surface area contributed by atoms with E-state index in [1.54, 1.807) is 24.1 Å². The van der Waals surface area contributed by atoms with Crippen LogP contribution in [0.4, 0.5) is 0 Å². The number of carbonyl (C=O) groups excluding carboxylic acids is 1. The van der Waals surface area contributed by atoms with Crippen molar-refractivity contribution in [1.82, 2.24) is 14.5 Å². The molecule has 1 amide bonds. The number of rotatable bonds is 5. The Morgan fingerprint density at radius 1 is 1.33 bits per heavy atom. The van der Waals surface area contributed by atoms with E-state index in [1.807, 2.05) is 4.72 Å². The Morgan fingerprint density at radius 2 is 2.00 bits per heavy atom. The molecule has 0 spiro atoms. The molecule has 112 valence electrons. The first kappa shape index (κ1) is 15.5. The summed E-state index contributed by atoms with van der Waals surface area (Å²) in [5.41, 5.74) is 0.872. The average molecular weight is 328 g/mol. The number of sulfonamides is 1. The predicted octanol–water partition coefficient (Wildman–Crippen LogP) is 1.51. The molecule has 1 N–H and O–H groups in total. The molecule has 0 atom stereocenters. The van der Waals surface area contributed by atoms with E-state index < -0.39 is 15.9 Å². The van der Waals surface area contributed by atoms with Gasteiger partial charge in [-0.1, -0.05) is 11.6 Å². The molecule has 1 aromatic carbocycles. The van der Waals surface area contributed by atoms with Crippen LogP contribution in [0, 0.1) is 0 Å². The Hall–Kier alpha value is -1.86. The van der Waals surface area contributed by atoms with Crippen LogP contribution in [0.2, 0.25) is 5.02 Å². The molecule has 0 aliphatic heterocycles.